The first-order valence-electron chi connectivity index (χ1n) is 8.14. The van der Waals surface area contributed by atoms with E-state index in [1.807, 2.05) is 0 Å². The van der Waals surface area contributed by atoms with E-state index in [-0.39, 0.29) is 0 Å². The van der Waals surface area contributed by atoms with Crippen molar-refractivity contribution >= 4 is 5.82 Å². The van der Waals surface area contributed by atoms with Crippen LogP contribution in [-0.4, -0.2) is 17.3 Å². The molecular formula is C18H26N3+. The van der Waals surface area contributed by atoms with Gasteiger partial charge in [0.15, 0.2) is 0 Å². The van der Waals surface area contributed by atoms with Gasteiger partial charge in [0.25, 0.3) is 5.82 Å². The first-order chi connectivity index (χ1) is 10.2. The molecule has 0 saturated carbocycles. The van der Waals surface area contributed by atoms with E-state index in [9.17, 15) is 0 Å². The van der Waals surface area contributed by atoms with Gasteiger partial charge in [-0.2, -0.15) is 4.68 Å². The highest BCUT2D eigenvalue weighted by Gasteiger charge is 2.30. The quantitative estimate of drug-likeness (QED) is 0.787. The lowest BCUT2D eigenvalue weighted by atomic mass is 10.0. The molecule has 3 rings (SSSR count). The van der Waals surface area contributed by atoms with Gasteiger partial charge in [-0.1, -0.05) is 30.3 Å². The van der Waals surface area contributed by atoms with Crippen molar-refractivity contribution < 1.29 is 4.68 Å². The number of anilines is 1. The molecule has 0 radical (unpaired) electrons. The normalized spacial score (nSPS) is 19.0. The average molecular weight is 284 g/mol. The molecule has 0 aliphatic carbocycles. The molecule has 3 heteroatoms. The maximum Gasteiger partial charge on any atom is 0.297 e. The maximum atomic E-state index is 2.57. The molecule has 0 spiro atoms. The van der Waals surface area contributed by atoms with Crippen LogP contribution in [0.5, 0.6) is 0 Å². The summed E-state index contributed by atoms with van der Waals surface area (Å²) in [5, 5.41) is 0. The standard InChI is InChI=1S/C18H26N3/c1-4-21-17(16-11-6-5-7-12-16)14-18(19(21)3)20-13-9-8-10-15(20)2/h5-7,11-12,14-15H,4,8-10,13H2,1-3H3/q+1. The average Bonchev–Trinajstić information content (AvgIpc) is 2.85. The molecule has 112 valence electrons. The Hall–Kier alpha value is -1.77. The lowest BCUT2D eigenvalue weighted by Gasteiger charge is -2.27. The Labute approximate surface area is 127 Å². The van der Waals surface area contributed by atoms with E-state index in [2.05, 4.69) is 71.6 Å². The number of aromatic nitrogens is 2. The van der Waals surface area contributed by atoms with Gasteiger partial charge >= 0.3 is 0 Å². The van der Waals surface area contributed by atoms with Crippen molar-refractivity contribution in [1.29, 1.82) is 0 Å². The van der Waals surface area contributed by atoms with Crippen molar-refractivity contribution in [3.8, 4) is 11.3 Å². The minimum Gasteiger partial charge on any atom is -0.258 e. The highest BCUT2D eigenvalue weighted by Crippen LogP contribution is 2.27. The lowest BCUT2D eigenvalue weighted by molar-refractivity contribution is -0.741. The smallest absolute Gasteiger partial charge is 0.258 e. The number of rotatable bonds is 3. The summed E-state index contributed by atoms with van der Waals surface area (Å²) in [4.78, 5) is 2.57. The molecule has 21 heavy (non-hydrogen) atoms. The van der Waals surface area contributed by atoms with Crippen LogP contribution in [0.4, 0.5) is 5.82 Å². The van der Waals surface area contributed by atoms with Crippen LogP contribution >= 0.6 is 0 Å². The zero-order chi connectivity index (χ0) is 14.8. The molecule has 1 saturated heterocycles. The van der Waals surface area contributed by atoms with Gasteiger partial charge < -0.3 is 0 Å². The van der Waals surface area contributed by atoms with Crippen molar-refractivity contribution in [2.75, 3.05) is 11.4 Å². The Balaban J connectivity index is 2.05. The summed E-state index contributed by atoms with van der Waals surface area (Å²) < 4.78 is 4.69. The monoisotopic (exact) mass is 284 g/mol. The molecule has 3 nitrogen and oxygen atoms in total. The third kappa shape index (κ3) is 2.57. The van der Waals surface area contributed by atoms with Crippen molar-refractivity contribution in [3.05, 3.63) is 36.4 Å². The molecule has 1 aromatic carbocycles. The SMILES string of the molecule is CCn1c(-c2ccccc2)cc(N2CCCCC2C)[n+]1C. The number of piperidine rings is 1. The van der Waals surface area contributed by atoms with Gasteiger partial charge in [-0.05, 0) is 33.1 Å². The summed E-state index contributed by atoms with van der Waals surface area (Å²) in [7, 11) is 2.19. The molecule has 0 bridgehead atoms. The summed E-state index contributed by atoms with van der Waals surface area (Å²) in [6.45, 7) is 6.74. The second kappa shape index (κ2) is 5.92. The highest BCUT2D eigenvalue weighted by molar-refractivity contribution is 5.62. The van der Waals surface area contributed by atoms with Crippen LogP contribution in [0.25, 0.3) is 11.3 Å². The Morgan fingerprint density at radius 2 is 1.95 bits per heavy atom. The van der Waals surface area contributed by atoms with Crippen molar-refractivity contribution in [1.82, 2.24) is 4.68 Å². The van der Waals surface area contributed by atoms with Gasteiger partial charge in [0.2, 0.25) is 0 Å². The topological polar surface area (TPSA) is 12.1 Å². The molecule has 1 atom stereocenters. The second-order valence-corrected chi connectivity index (χ2v) is 6.03. The van der Waals surface area contributed by atoms with E-state index in [0.717, 1.165) is 6.54 Å². The van der Waals surface area contributed by atoms with Gasteiger partial charge in [-0.15, -0.1) is 0 Å². The van der Waals surface area contributed by atoms with E-state index in [1.165, 1.54) is 42.9 Å². The third-order valence-electron chi connectivity index (χ3n) is 4.70. The van der Waals surface area contributed by atoms with E-state index in [0.29, 0.717) is 6.04 Å². The van der Waals surface area contributed by atoms with Crippen LogP contribution < -0.4 is 9.58 Å². The van der Waals surface area contributed by atoms with Crippen LogP contribution in [0.2, 0.25) is 0 Å². The first-order valence-corrected chi connectivity index (χ1v) is 8.14. The third-order valence-corrected chi connectivity index (χ3v) is 4.70. The largest absolute Gasteiger partial charge is 0.297 e. The van der Waals surface area contributed by atoms with Crippen LogP contribution in [0.1, 0.15) is 33.1 Å². The van der Waals surface area contributed by atoms with E-state index in [4.69, 9.17) is 0 Å². The summed E-state index contributed by atoms with van der Waals surface area (Å²) in [5.41, 5.74) is 2.61. The Kier molecular flexibility index (Phi) is 4.00. The van der Waals surface area contributed by atoms with Gasteiger partial charge in [-0.25, -0.2) is 4.68 Å². The number of hydrogen-bond acceptors (Lipinski definition) is 1. The van der Waals surface area contributed by atoms with Gasteiger partial charge in [0.05, 0.1) is 30.9 Å². The molecule has 2 heterocycles. The van der Waals surface area contributed by atoms with Crippen molar-refractivity contribution in [2.45, 2.75) is 45.7 Å². The van der Waals surface area contributed by atoms with Gasteiger partial charge in [0, 0.05) is 5.56 Å². The summed E-state index contributed by atoms with van der Waals surface area (Å²) >= 11 is 0. The minimum atomic E-state index is 0.640. The molecule has 0 amide bonds. The number of nitrogens with zero attached hydrogens (tertiary/aromatic N) is 3. The van der Waals surface area contributed by atoms with Gasteiger partial charge in [-0.3, -0.25) is 4.90 Å². The van der Waals surface area contributed by atoms with Crippen LogP contribution in [0, 0.1) is 0 Å². The minimum absolute atomic E-state index is 0.640. The number of hydrogen-bond donors (Lipinski definition) is 0. The van der Waals surface area contributed by atoms with Crippen molar-refractivity contribution in [3.63, 3.8) is 0 Å². The fourth-order valence-electron chi connectivity index (χ4n) is 3.51. The fraction of sp³-hybridized carbons (Fsp3) is 0.500. The van der Waals surface area contributed by atoms with Crippen LogP contribution in [-0.2, 0) is 13.6 Å². The first kappa shape index (κ1) is 14.2. The summed E-state index contributed by atoms with van der Waals surface area (Å²) in [6, 6.07) is 13.7. The molecule has 1 unspecified atom stereocenters. The molecule has 2 aromatic rings. The number of benzene rings is 1. The molecule has 0 N–H and O–H groups in total. The van der Waals surface area contributed by atoms with Gasteiger partial charge in [0.1, 0.15) is 7.05 Å². The molecular weight excluding hydrogens is 258 g/mol. The summed E-state index contributed by atoms with van der Waals surface area (Å²) in [6.07, 6.45) is 3.97. The van der Waals surface area contributed by atoms with E-state index >= 15 is 0 Å². The highest BCUT2D eigenvalue weighted by atomic mass is 15.4. The fourth-order valence-corrected chi connectivity index (χ4v) is 3.51. The molecule has 1 aromatic heterocycles. The van der Waals surface area contributed by atoms with E-state index in [1.54, 1.807) is 0 Å². The molecule has 1 aliphatic heterocycles. The van der Waals surface area contributed by atoms with E-state index < -0.39 is 0 Å². The zero-order valence-electron chi connectivity index (χ0n) is 13.4. The maximum absolute atomic E-state index is 2.57. The predicted molar refractivity (Wildman–Crippen MR) is 87.4 cm³/mol. The lowest BCUT2D eigenvalue weighted by Crippen LogP contribution is -2.48. The van der Waals surface area contributed by atoms with Crippen LogP contribution in [0.3, 0.4) is 0 Å². The Bertz CT molecular complexity index is 600. The zero-order valence-corrected chi connectivity index (χ0v) is 13.4. The predicted octanol–water partition coefficient (Wildman–Crippen LogP) is 3.38. The molecule has 1 fully saturated rings. The van der Waals surface area contributed by atoms with Crippen LogP contribution in [0.15, 0.2) is 36.4 Å². The molecule has 1 aliphatic rings. The van der Waals surface area contributed by atoms with Crippen molar-refractivity contribution in [2.24, 2.45) is 7.05 Å². The summed E-state index contributed by atoms with van der Waals surface area (Å²) in [5.74, 6) is 1.35. The Morgan fingerprint density at radius 3 is 2.62 bits per heavy atom. The Morgan fingerprint density at radius 1 is 1.19 bits per heavy atom. The second-order valence-electron chi connectivity index (χ2n) is 6.03.